The Hall–Kier alpha value is -1.62. The first-order chi connectivity index (χ1) is 13.5. The number of piperazine rings is 1. The van der Waals surface area contributed by atoms with Crippen LogP contribution in [0, 0.1) is 11.8 Å². The molecule has 28 heavy (non-hydrogen) atoms. The van der Waals surface area contributed by atoms with Gasteiger partial charge in [-0.25, -0.2) is 4.98 Å². The van der Waals surface area contributed by atoms with Gasteiger partial charge in [0.05, 0.1) is 6.54 Å². The van der Waals surface area contributed by atoms with Gasteiger partial charge in [-0.1, -0.05) is 40.2 Å². The van der Waals surface area contributed by atoms with Crippen LogP contribution in [0.5, 0.6) is 0 Å². The van der Waals surface area contributed by atoms with Gasteiger partial charge in [0.1, 0.15) is 5.82 Å². The van der Waals surface area contributed by atoms with E-state index in [0.717, 1.165) is 56.9 Å². The van der Waals surface area contributed by atoms with Gasteiger partial charge >= 0.3 is 0 Å². The number of nitrogens with zero attached hydrogens (tertiary/aromatic N) is 4. The molecule has 2 saturated heterocycles. The van der Waals surface area contributed by atoms with Gasteiger partial charge in [0.2, 0.25) is 5.91 Å². The largest absolute Gasteiger partial charge is 0.353 e. The van der Waals surface area contributed by atoms with Crippen molar-refractivity contribution in [3.63, 3.8) is 0 Å². The molecular formula is C23H38N4O. The first-order valence-electron chi connectivity index (χ1n) is 11.2. The lowest BCUT2D eigenvalue weighted by atomic mass is 9.84. The van der Waals surface area contributed by atoms with Crippen molar-refractivity contribution in [1.29, 1.82) is 0 Å². The molecule has 0 aromatic carbocycles. The van der Waals surface area contributed by atoms with Crippen LogP contribution in [0.1, 0.15) is 58.4 Å². The topological polar surface area (TPSA) is 39.7 Å². The average Bonchev–Trinajstić information content (AvgIpc) is 2.74. The van der Waals surface area contributed by atoms with Crippen LogP contribution >= 0.6 is 0 Å². The number of piperidine rings is 1. The number of pyridine rings is 1. The number of likely N-dealkylation sites (tertiary alicyclic amines) is 1. The third kappa shape index (κ3) is 5.25. The van der Waals surface area contributed by atoms with Gasteiger partial charge in [-0.05, 0) is 55.3 Å². The fourth-order valence-electron chi connectivity index (χ4n) is 4.42. The summed E-state index contributed by atoms with van der Waals surface area (Å²) in [4.78, 5) is 24.1. The minimum Gasteiger partial charge on any atom is -0.353 e. The first kappa shape index (κ1) is 21.1. The van der Waals surface area contributed by atoms with E-state index in [-0.39, 0.29) is 0 Å². The molecule has 0 aliphatic carbocycles. The summed E-state index contributed by atoms with van der Waals surface area (Å²) in [5, 5.41) is 0. The molecule has 0 N–H and O–H groups in total. The predicted octanol–water partition coefficient (Wildman–Crippen LogP) is 3.61. The van der Waals surface area contributed by atoms with E-state index in [0.29, 0.717) is 18.4 Å². The van der Waals surface area contributed by atoms with Crippen molar-refractivity contribution in [1.82, 2.24) is 14.8 Å². The Bertz CT molecular complexity index is 614. The molecule has 1 unspecified atom stereocenters. The number of hydrogen-bond donors (Lipinski definition) is 0. The zero-order valence-electron chi connectivity index (χ0n) is 18.2. The van der Waals surface area contributed by atoms with Gasteiger partial charge in [-0.2, -0.15) is 0 Å². The zero-order chi connectivity index (χ0) is 20.1. The second-order valence-corrected chi connectivity index (χ2v) is 8.97. The zero-order valence-corrected chi connectivity index (χ0v) is 18.2. The molecule has 0 saturated carbocycles. The highest BCUT2D eigenvalue weighted by Crippen LogP contribution is 2.26. The third-order valence-corrected chi connectivity index (χ3v) is 6.83. The Morgan fingerprint density at radius 2 is 1.75 bits per heavy atom. The molecule has 1 atom stereocenters. The molecule has 1 amide bonds. The summed E-state index contributed by atoms with van der Waals surface area (Å²) in [6.45, 7) is 15.1. The van der Waals surface area contributed by atoms with Gasteiger partial charge < -0.3 is 9.80 Å². The van der Waals surface area contributed by atoms with E-state index in [2.05, 4.69) is 54.6 Å². The van der Waals surface area contributed by atoms with Crippen molar-refractivity contribution in [3.05, 3.63) is 23.9 Å². The lowest BCUT2D eigenvalue weighted by molar-refractivity contribution is -0.133. The van der Waals surface area contributed by atoms with E-state index >= 15 is 0 Å². The van der Waals surface area contributed by atoms with Crippen LogP contribution in [0.4, 0.5) is 5.82 Å². The Morgan fingerprint density at radius 1 is 1.07 bits per heavy atom. The fraction of sp³-hybridized carbons (Fsp3) is 0.739. The molecule has 0 radical (unpaired) electrons. The Kier molecular flexibility index (Phi) is 7.33. The Morgan fingerprint density at radius 3 is 2.29 bits per heavy atom. The standard InChI is InChI=1S/C23H38N4O/c1-5-19(4)20-8-10-25(11-9-20)17-23(28)27-14-12-26(13-15-27)22-7-6-21(16-24-22)18(2)3/h6-7,16,18-20H,5,8-15,17H2,1-4H3. The van der Waals surface area contributed by atoms with E-state index in [4.69, 9.17) is 0 Å². The minimum atomic E-state index is 0.296. The van der Waals surface area contributed by atoms with Gasteiger partial charge in [0.25, 0.3) is 0 Å². The monoisotopic (exact) mass is 386 g/mol. The van der Waals surface area contributed by atoms with Crippen LogP contribution < -0.4 is 4.90 Å². The van der Waals surface area contributed by atoms with E-state index in [1.807, 2.05) is 11.1 Å². The summed E-state index contributed by atoms with van der Waals surface area (Å²) in [6.07, 6.45) is 5.74. The highest BCUT2D eigenvalue weighted by Gasteiger charge is 2.27. The number of amides is 1. The van der Waals surface area contributed by atoms with Crippen LogP contribution in [-0.4, -0.2) is 66.5 Å². The molecule has 1 aromatic heterocycles. The van der Waals surface area contributed by atoms with E-state index in [1.54, 1.807) is 0 Å². The van der Waals surface area contributed by atoms with E-state index < -0.39 is 0 Å². The molecule has 2 aliphatic heterocycles. The average molecular weight is 387 g/mol. The lowest BCUT2D eigenvalue weighted by Crippen LogP contribution is -2.52. The molecule has 3 rings (SSSR count). The molecular weight excluding hydrogens is 348 g/mol. The first-order valence-corrected chi connectivity index (χ1v) is 11.2. The summed E-state index contributed by atoms with van der Waals surface area (Å²) >= 11 is 0. The molecule has 2 fully saturated rings. The smallest absolute Gasteiger partial charge is 0.236 e. The summed E-state index contributed by atoms with van der Waals surface area (Å²) in [7, 11) is 0. The minimum absolute atomic E-state index is 0.296. The van der Waals surface area contributed by atoms with Gasteiger partial charge in [0.15, 0.2) is 0 Å². The normalized spacial score (nSPS) is 20.6. The molecule has 5 nitrogen and oxygen atoms in total. The van der Waals surface area contributed by atoms with Gasteiger partial charge in [-0.15, -0.1) is 0 Å². The summed E-state index contributed by atoms with van der Waals surface area (Å²) in [6, 6.07) is 4.29. The second kappa shape index (κ2) is 9.73. The van der Waals surface area contributed by atoms with Crippen LogP contribution in [0.15, 0.2) is 18.3 Å². The lowest BCUT2D eigenvalue weighted by Gasteiger charge is -2.38. The maximum absolute atomic E-state index is 12.8. The number of rotatable bonds is 6. The predicted molar refractivity (Wildman–Crippen MR) is 116 cm³/mol. The number of carbonyl (C=O) groups is 1. The Balaban J connectivity index is 1.43. The van der Waals surface area contributed by atoms with Gasteiger partial charge in [0, 0.05) is 32.4 Å². The van der Waals surface area contributed by atoms with Crippen molar-refractivity contribution in [2.45, 2.75) is 52.9 Å². The molecule has 156 valence electrons. The van der Waals surface area contributed by atoms with Gasteiger partial charge in [-0.3, -0.25) is 9.69 Å². The third-order valence-electron chi connectivity index (χ3n) is 6.83. The molecule has 3 heterocycles. The molecule has 0 bridgehead atoms. The molecule has 0 spiro atoms. The quantitative estimate of drug-likeness (QED) is 0.749. The maximum Gasteiger partial charge on any atom is 0.236 e. The fourth-order valence-corrected chi connectivity index (χ4v) is 4.42. The van der Waals surface area contributed by atoms with E-state index in [9.17, 15) is 4.79 Å². The highest BCUT2D eigenvalue weighted by atomic mass is 16.2. The van der Waals surface area contributed by atoms with Crippen LogP contribution in [-0.2, 0) is 4.79 Å². The Labute approximate surface area is 171 Å². The number of carbonyl (C=O) groups excluding carboxylic acids is 1. The highest BCUT2D eigenvalue weighted by molar-refractivity contribution is 5.78. The summed E-state index contributed by atoms with van der Waals surface area (Å²) < 4.78 is 0. The number of anilines is 1. The number of aromatic nitrogens is 1. The van der Waals surface area contributed by atoms with Crippen molar-refractivity contribution >= 4 is 11.7 Å². The number of hydrogen-bond acceptors (Lipinski definition) is 4. The molecule has 1 aromatic rings. The maximum atomic E-state index is 12.8. The summed E-state index contributed by atoms with van der Waals surface area (Å²) in [5.41, 5.74) is 1.27. The van der Waals surface area contributed by atoms with Crippen molar-refractivity contribution < 1.29 is 4.79 Å². The van der Waals surface area contributed by atoms with E-state index in [1.165, 1.54) is 24.8 Å². The summed E-state index contributed by atoms with van der Waals surface area (Å²) in [5.74, 6) is 3.49. The SMILES string of the molecule is CCC(C)C1CCN(CC(=O)N2CCN(c3ccc(C(C)C)cn3)CC2)CC1. The second-order valence-electron chi connectivity index (χ2n) is 8.97. The van der Waals surface area contributed by atoms with Crippen LogP contribution in [0.2, 0.25) is 0 Å². The molecule has 2 aliphatic rings. The van der Waals surface area contributed by atoms with Crippen LogP contribution in [0.25, 0.3) is 0 Å². The van der Waals surface area contributed by atoms with Crippen LogP contribution in [0.3, 0.4) is 0 Å². The van der Waals surface area contributed by atoms with Crippen molar-refractivity contribution in [2.75, 3.05) is 50.7 Å². The van der Waals surface area contributed by atoms with Crippen molar-refractivity contribution in [2.24, 2.45) is 11.8 Å². The molecule has 5 heteroatoms. The van der Waals surface area contributed by atoms with Crippen molar-refractivity contribution in [3.8, 4) is 0 Å².